The number of carbonyl (C=O) groups excluding carboxylic acids is 1. The quantitative estimate of drug-likeness (QED) is 0.156. The average molecular weight is 709 g/mol. The summed E-state index contributed by atoms with van der Waals surface area (Å²) in [6.45, 7) is 10.2. The van der Waals surface area contributed by atoms with Crippen LogP contribution in [0.25, 0.3) is 6.08 Å². The fourth-order valence-corrected chi connectivity index (χ4v) is 6.62. The van der Waals surface area contributed by atoms with Crippen molar-refractivity contribution in [2.45, 2.75) is 53.4 Å². The van der Waals surface area contributed by atoms with Gasteiger partial charge in [0, 0.05) is 5.56 Å². The van der Waals surface area contributed by atoms with Crippen molar-refractivity contribution in [2.75, 3.05) is 6.61 Å². The number of carbonyl (C=O) groups is 1. The Balaban J connectivity index is 1.55. The van der Waals surface area contributed by atoms with E-state index in [0.717, 1.165) is 20.4 Å². The predicted octanol–water partition coefficient (Wildman–Crippen LogP) is 6.08. The summed E-state index contributed by atoms with van der Waals surface area (Å²) in [6.07, 6.45) is 1.76. The van der Waals surface area contributed by atoms with Gasteiger partial charge in [-0.25, -0.2) is 9.79 Å². The minimum atomic E-state index is -0.745. The molecule has 0 spiro atoms. The molecule has 0 unspecified atom stereocenters. The summed E-state index contributed by atoms with van der Waals surface area (Å²) in [5.41, 5.74) is 4.46. The number of halogens is 1. The van der Waals surface area contributed by atoms with Crippen molar-refractivity contribution in [1.82, 2.24) is 4.57 Å². The first-order chi connectivity index (χ1) is 20.7. The van der Waals surface area contributed by atoms with E-state index < -0.39 is 12.0 Å². The number of esters is 1. The number of rotatable bonds is 9. The van der Waals surface area contributed by atoms with Crippen LogP contribution in [0.15, 0.2) is 87.8 Å². The normalized spacial score (nSPS) is 14.9. The fraction of sp³-hybridized carbons (Fsp3) is 0.265. The fourth-order valence-electron chi connectivity index (χ4n) is 4.87. The Morgan fingerprint density at radius 3 is 2.51 bits per heavy atom. The predicted molar refractivity (Wildman–Crippen MR) is 177 cm³/mol. The van der Waals surface area contributed by atoms with Crippen LogP contribution >= 0.6 is 33.9 Å². The lowest BCUT2D eigenvalue weighted by atomic mass is 9.95. The third-order valence-corrected chi connectivity index (χ3v) is 8.69. The number of hydrogen-bond donors (Lipinski definition) is 0. The van der Waals surface area contributed by atoms with E-state index in [1.165, 1.54) is 16.9 Å². The molecule has 43 heavy (non-hydrogen) atoms. The zero-order chi connectivity index (χ0) is 30.7. The van der Waals surface area contributed by atoms with Crippen LogP contribution in [-0.2, 0) is 16.1 Å². The smallest absolute Gasteiger partial charge is 0.338 e. The Morgan fingerprint density at radius 1 is 1.07 bits per heavy atom. The number of ether oxygens (including phenoxy) is 3. The van der Waals surface area contributed by atoms with Gasteiger partial charge in [0.1, 0.15) is 24.1 Å². The monoisotopic (exact) mass is 708 g/mol. The van der Waals surface area contributed by atoms with Gasteiger partial charge in [-0.3, -0.25) is 9.36 Å². The van der Waals surface area contributed by atoms with E-state index in [9.17, 15) is 9.59 Å². The summed E-state index contributed by atoms with van der Waals surface area (Å²) < 4.78 is 20.6. The van der Waals surface area contributed by atoms with E-state index in [0.29, 0.717) is 38.5 Å². The van der Waals surface area contributed by atoms with Crippen LogP contribution in [0.5, 0.6) is 11.5 Å². The van der Waals surface area contributed by atoms with Crippen LogP contribution in [0.3, 0.4) is 0 Å². The SMILES string of the molecule is CCOC(=O)C1=C(C)N=c2s/c(=C/c3ccc(OCc4ccc(C)cc4)c(I)c3)c(=O)n2[C@H]1c1ccccc1OC(C)C. The third-order valence-electron chi connectivity index (χ3n) is 6.86. The molecule has 4 aromatic rings. The lowest BCUT2D eigenvalue weighted by molar-refractivity contribution is -0.139. The molecule has 0 amide bonds. The molecule has 0 fully saturated rings. The molecule has 0 aliphatic carbocycles. The summed E-state index contributed by atoms with van der Waals surface area (Å²) in [7, 11) is 0. The van der Waals surface area contributed by atoms with Crippen molar-refractivity contribution in [2.24, 2.45) is 4.99 Å². The molecule has 5 rings (SSSR count). The van der Waals surface area contributed by atoms with Crippen LogP contribution in [0.1, 0.15) is 56.0 Å². The first-order valence-electron chi connectivity index (χ1n) is 14.1. The minimum Gasteiger partial charge on any atom is -0.491 e. The molecule has 0 bridgehead atoms. The van der Waals surface area contributed by atoms with Gasteiger partial charge < -0.3 is 14.2 Å². The summed E-state index contributed by atoms with van der Waals surface area (Å²) in [5.74, 6) is 0.874. The third kappa shape index (κ3) is 6.78. The van der Waals surface area contributed by atoms with Gasteiger partial charge in [0.25, 0.3) is 5.56 Å². The molecular formula is C34H33IN2O5S. The van der Waals surface area contributed by atoms with Crippen LogP contribution < -0.4 is 24.4 Å². The molecule has 1 aliphatic heterocycles. The van der Waals surface area contributed by atoms with Gasteiger partial charge in [0.2, 0.25) is 0 Å². The largest absolute Gasteiger partial charge is 0.491 e. The molecule has 1 aliphatic rings. The van der Waals surface area contributed by atoms with Crippen molar-refractivity contribution in [3.63, 3.8) is 0 Å². The van der Waals surface area contributed by atoms with Crippen molar-refractivity contribution >= 4 is 46.0 Å². The minimum absolute atomic E-state index is 0.0978. The zero-order valence-corrected chi connectivity index (χ0v) is 27.7. The number of thiazole rings is 1. The second-order valence-electron chi connectivity index (χ2n) is 10.5. The molecule has 0 N–H and O–H groups in total. The van der Waals surface area contributed by atoms with Crippen molar-refractivity contribution in [1.29, 1.82) is 0 Å². The Labute approximate surface area is 268 Å². The van der Waals surface area contributed by atoms with E-state index >= 15 is 0 Å². The highest BCUT2D eigenvalue weighted by Crippen LogP contribution is 2.36. The van der Waals surface area contributed by atoms with Crippen molar-refractivity contribution < 1.29 is 19.0 Å². The van der Waals surface area contributed by atoms with Gasteiger partial charge in [-0.2, -0.15) is 0 Å². The molecule has 222 valence electrons. The highest BCUT2D eigenvalue weighted by Gasteiger charge is 2.35. The lowest BCUT2D eigenvalue weighted by Crippen LogP contribution is -2.40. The van der Waals surface area contributed by atoms with Gasteiger partial charge >= 0.3 is 5.97 Å². The Hall–Kier alpha value is -3.70. The van der Waals surface area contributed by atoms with E-state index in [-0.39, 0.29) is 18.3 Å². The van der Waals surface area contributed by atoms with Gasteiger partial charge in [-0.15, -0.1) is 0 Å². The van der Waals surface area contributed by atoms with Crippen molar-refractivity contribution in [3.05, 3.63) is 124 Å². The Kier molecular flexibility index (Phi) is 9.51. The maximum Gasteiger partial charge on any atom is 0.338 e. The molecule has 9 heteroatoms. The number of para-hydroxylation sites is 1. The number of aryl methyl sites for hydroxylation is 1. The first kappa shape index (κ1) is 30.7. The number of fused-ring (bicyclic) bond motifs is 1. The number of benzene rings is 3. The van der Waals surface area contributed by atoms with Crippen LogP contribution in [-0.4, -0.2) is 23.2 Å². The standard InChI is InChI=1S/C34H33IN2O5S/c1-6-40-33(39)30-22(5)36-34-37(31(30)25-9-7-8-10-27(25)42-20(2)3)32(38)29(43-34)18-24-15-16-28(26(35)17-24)41-19-23-13-11-21(4)12-14-23/h7-18,20,31H,6,19H2,1-5H3/b29-18+/t31-/m0/s1. The number of aromatic nitrogens is 1. The molecule has 0 radical (unpaired) electrons. The molecule has 0 saturated heterocycles. The number of nitrogens with zero attached hydrogens (tertiary/aromatic N) is 2. The van der Waals surface area contributed by atoms with Crippen LogP contribution in [0.4, 0.5) is 0 Å². The molecule has 0 saturated carbocycles. The first-order valence-corrected chi connectivity index (χ1v) is 16.0. The number of allylic oxidation sites excluding steroid dienone is 1. The van der Waals surface area contributed by atoms with E-state index in [1.807, 2.05) is 62.4 Å². The lowest BCUT2D eigenvalue weighted by Gasteiger charge is -2.26. The summed E-state index contributed by atoms with van der Waals surface area (Å²) in [5, 5.41) is 0. The second kappa shape index (κ2) is 13.3. The Bertz CT molecular complexity index is 1870. The van der Waals surface area contributed by atoms with Gasteiger partial charge in [-0.05, 0) is 92.6 Å². The Morgan fingerprint density at radius 2 is 1.81 bits per heavy atom. The maximum atomic E-state index is 14.0. The summed E-state index contributed by atoms with van der Waals surface area (Å²) >= 11 is 3.54. The van der Waals surface area contributed by atoms with Crippen molar-refractivity contribution in [3.8, 4) is 11.5 Å². The van der Waals surface area contributed by atoms with Gasteiger partial charge in [0.15, 0.2) is 4.80 Å². The molecular weight excluding hydrogens is 675 g/mol. The highest BCUT2D eigenvalue weighted by atomic mass is 127. The highest BCUT2D eigenvalue weighted by molar-refractivity contribution is 14.1. The molecule has 2 heterocycles. The number of hydrogen-bond acceptors (Lipinski definition) is 7. The van der Waals surface area contributed by atoms with Crippen LogP contribution in [0.2, 0.25) is 0 Å². The van der Waals surface area contributed by atoms with Gasteiger partial charge in [0.05, 0.1) is 32.1 Å². The average Bonchev–Trinajstić information content (AvgIpc) is 3.26. The van der Waals surface area contributed by atoms with Crippen LogP contribution in [0, 0.1) is 10.5 Å². The second-order valence-corrected chi connectivity index (χ2v) is 12.6. The van der Waals surface area contributed by atoms with E-state index in [2.05, 4.69) is 58.8 Å². The van der Waals surface area contributed by atoms with Gasteiger partial charge in [-0.1, -0.05) is 65.4 Å². The molecule has 3 aromatic carbocycles. The molecule has 1 atom stereocenters. The zero-order valence-electron chi connectivity index (χ0n) is 24.7. The summed E-state index contributed by atoms with van der Waals surface area (Å²) in [6, 6.07) is 20.9. The van der Waals surface area contributed by atoms with E-state index in [1.54, 1.807) is 18.4 Å². The summed E-state index contributed by atoms with van der Waals surface area (Å²) in [4.78, 5) is 32.5. The molecule has 7 nitrogen and oxygen atoms in total. The van der Waals surface area contributed by atoms with E-state index in [4.69, 9.17) is 14.2 Å². The maximum absolute atomic E-state index is 14.0. The topological polar surface area (TPSA) is 79.1 Å². The molecule has 1 aromatic heterocycles.